The lowest BCUT2D eigenvalue weighted by Crippen LogP contribution is -2.04. The van der Waals surface area contributed by atoms with Crippen molar-refractivity contribution in [2.75, 3.05) is 17.6 Å². The lowest BCUT2D eigenvalue weighted by Gasteiger charge is -2.10. The number of Topliss-reactive ketones (excluding diaryl/α,β-unsaturated/α-hetero) is 1. The zero-order valence-electron chi connectivity index (χ0n) is 15.2. The highest BCUT2D eigenvalue weighted by atomic mass is 32.2. The van der Waals surface area contributed by atoms with E-state index >= 15 is 0 Å². The molecule has 0 radical (unpaired) electrons. The largest absolute Gasteiger partial charge is 0.385 e. The van der Waals surface area contributed by atoms with Gasteiger partial charge in [0, 0.05) is 29.0 Å². The van der Waals surface area contributed by atoms with Crippen molar-refractivity contribution >= 4 is 45.5 Å². The Bertz CT molecular complexity index is 981. The van der Waals surface area contributed by atoms with E-state index in [9.17, 15) is 4.79 Å². The van der Waals surface area contributed by atoms with Gasteiger partial charge in [0.2, 0.25) is 0 Å². The lowest BCUT2D eigenvalue weighted by molar-refractivity contribution is 0.102. The van der Waals surface area contributed by atoms with E-state index in [0.717, 1.165) is 49.7 Å². The summed E-state index contributed by atoms with van der Waals surface area (Å²) in [6.45, 7) is 3.37. The van der Waals surface area contributed by atoms with Gasteiger partial charge >= 0.3 is 0 Å². The fourth-order valence-corrected chi connectivity index (χ4v) is 4.71. The van der Waals surface area contributed by atoms with Crippen molar-refractivity contribution in [3.8, 4) is 0 Å². The summed E-state index contributed by atoms with van der Waals surface area (Å²) in [7, 11) is 0. The van der Waals surface area contributed by atoms with Crippen molar-refractivity contribution in [1.29, 1.82) is 0 Å². The first-order chi connectivity index (χ1) is 13.1. The molecule has 0 unspecified atom stereocenters. The summed E-state index contributed by atoms with van der Waals surface area (Å²) in [5.41, 5.74) is 7.64. The highest BCUT2D eigenvalue weighted by molar-refractivity contribution is 8.00. The van der Waals surface area contributed by atoms with Crippen LogP contribution in [-0.4, -0.2) is 28.0 Å². The minimum atomic E-state index is 0.108. The van der Waals surface area contributed by atoms with Crippen LogP contribution in [0.4, 0.5) is 5.69 Å². The molecule has 1 aliphatic carbocycles. The Hall–Kier alpha value is -1.96. The molecule has 2 aromatic heterocycles. The van der Waals surface area contributed by atoms with Gasteiger partial charge in [-0.25, -0.2) is 9.97 Å². The van der Waals surface area contributed by atoms with E-state index in [1.54, 1.807) is 0 Å². The number of thioether (sulfide) groups is 1. The molecule has 3 aromatic rings. The molecule has 5 nitrogen and oxygen atoms in total. The molecule has 0 spiro atoms. The summed E-state index contributed by atoms with van der Waals surface area (Å²) in [5.74, 6) is 2.00. The van der Waals surface area contributed by atoms with Gasteiger partial charge in [0.1, 0.15) is 10.9 Å². The Morgan fingerprint density at radius 3 is 2.89 bits per heavy atom. The number of hydrogen-bond donors (Lipinski definition) is 2. The maximum Gasteiger partial charge on any atom is 0.183 e. The molecule has 0 aliphatic heterocycles. The fourth-order valence-electron chi connectivity index (χ4n) is 2.86. The molecule has 0 saturated heterocycles. The number of nitrogens with two attached hydrogens (primary N) is 1. The molecule has 140 valence electrons. The molecule has 1 fully saturated rings. The topological polar surface area (TPSA) is 80.9 Å². The summed E-state index contributed by atoms with van der Waals surface area (Å²) in [6, 6.07) is 9.97. The van der Waals surface area contributed by atoms with E-state index in [0.29, 0.717) is 12.3 Å². The summed E-state index contributed by atoms with van der Waals surface area (Å²) >= 11 is 2.95. The van der Waals surface area contributed by atoms with Gasteiger partial charge in [0.25, 0.3) is 0 Å². The SMILES string of the molecule is Cc1nc(SCC(=O)c2ccc(CN)s2)c2cc(NCC3CC3)ccc2n1. The van der Waals surface area contributed by atoms with Crippen LogP contribution in [0.1, 0.15) is 33.2 Å². The van der Waals surface area contributed by atoms with Gasteiger partial charge in [-0.2, -0.15) is 0 Å². The Morgan fingerprint density at radius 1 is 1.30 bits per heavy atom. The molecule has 1 saturated carbocycles. The average molecular weight is 399 g/mol. The number of carbonyl (C=O) groups excluding carboxylic acids is 1. The molecule has 2 heterocycles. The van der Waals surface area contributed by atoms with Gasteiger partial charge in [0.15, 0.2) is 5.78 Å². The summed E-state index contributed by atoms with van der Waals surface area (Å²) in [5, 5.41) is 5.35. The minimum Gasteiger partial charge on any atom is -0.385 e. The highest BCUT2D eigenvalue weighted by Crippen LogP contribution is 2.31. The third kappa shape index (κ3) is 4.48. The molecule has 0 atom stereocenters. The first-order valence-electron chi connectivity index (χ1n) is 9.09. The molecule has 4 rings (SSSR count). The van der Waals surface area contributed by atoms with Crippen LogP contribution >= 0.6 is 23.1 Å². The number of hydrogen-bond acceptors (Lipinski definition) is 7. The Labute approximate surface area is 166 Å². The summed E-state index contributed by atoms with van der Waals surface area (Å²) in [6.07, 6.45) is 2.64. The van der Waals surface area contributed by atoms with Crippen LogP contribution < -0.4 is 11.1 Å². The number of aryl methyl sites for hydroxylation is 1. The Morgan fingerprint density at radius 2 is 2.15 bits per heavy atom. The number of ketones is 1. The van der Waals surface area contributed by atoms with Crippen LogP contribution in [0.15, 0.2) is 35.4 Å². The number of fused-ring (bicyclic) bond motifs is 1. The van der Waals surface area contributed by atoms with Gasteiger partial charge in [-0.05, 0) is 56.0 Å². The number of thiophene rings is 1. The quantitative estimate of drug-likeness (QED) is 0.335. The van der Waals surface area contributed by atoms with Crippen LogP contribution in [0.25, 0.3) is 10.9 Å². The number of benzene rings is 1. The number of rotatable bonds is 8. The van der Waals surface area contributed by atoms with E-state index < -0.39 is 0 Å². The Balaban J connectivity index is 1.53. The number of aromatic nitrogens is 2. The van der Waals surface area contributed by atoms with E-state index in [1.807, 2.05) is 25.1 Å². The molecule has 1 aliphatic rings. The predicted molar refractivity (Wildman–Crippen MR) is 113 cm³/mol. The maximum atomic E-state index is 12.5. The number of carbonyl (C=O) groups is 1. The maximum absolute atomic E-state index is 12.5. The van der Waals surface area contributed by atoms with E-state index in [-0.39, 0.29) is 5.78 Å². The predicted octanol–water partition coefficient (Wildman–Crippen LogP) is 4.26. The average Bonchev–Trinajstić information content (AvgIpc) is 3.38. The van der Waals surface area contributed by atoms with Crippen molar-refractivity contribution in [3.05, 3.63) is 45.9 Å². The van der Waals surface area contributed by atoms with Crippen LogP contribution in [-0.2, 0) is 6.54 Å². The second-order valence-electron chi connectivity index (χ2n) is 6.81. The van der Waals surface area contributed by atoms with E-state index in [4.69, 9.17) is 5.73 Å². The third-order valence-corrected chi connectivity index (χ3v) is 6.68. The van der Waals surface area contributed by atoms with Crippen molar-refractivity contribution in [3.63, 3.8) is 0 Å². The third-order valence-electron chi connectivity index (χ3n) is 4.54. The van der Waals surface area contributed by atoms with Gasteiger partial charge in [0.05, 0.1) is 16.1 Å². The molecule has 3 N–H and O–H groups in total. The van der Waals surface area contributed by atoms with E-state index in [1.165, 1.54) is 35.9 Å². The van der Waals surface area contributed by atoms with Crippen LogP contribution in [0.2, 0.25) is 0 Å². The van der Waals surface area contributed by atoms with Crippen molar-refractivity contribution < 1.29 is 4.79 Å². The monoisotopic (exact) mass is 398 g/mol. The van der Waals surface area contributed by atoms with Crippen LogP contribution in [0, 0.1) is 12.8 Å². The second kappa shape index (κ2) is 7.96. The van der Waals surface area contributed by atoms with Gasteiger partial charge in [-0.3, -0.25) is 4.79 Å². The molecule has 7 heteroatoms. The fraction of sp³-hybridized carbons (Fsp3) is 0.350. The standard InChI is InChI=1S/C20H22N4OS2/c1-12-23-17-6-4-14(22-10-13-2-3-13)8-16(17)20(24-12)26-11-18(25)19-7-5-15(9-21)27-19/h4-8,13,22H,2-3,9-11,21H2,1H3. The highest BCUT2D eigenvalue weighted by Gasteiger charge is 2.20. The second-order valence-corrected chi connectivity index (χ2v) is 8.95. The Kier molecular flexibility index (Phi) is 5.43. The minimum absolute atomic E-state index is 0.108. The van der Waals surface area contributed by atoms with Crippen molar-refractivity contribution in [2.24, 2.45) is 11.7 Å². The van der Waals surface area contributed by atoms with E-state index in [2.05, 4.69) is 27.4 Å². The molecular weight excluding hydrogens is 376 g/mol. The van der Waals surface area contributed by atoms with Gasteiger partial charge in [-0.1, -0.05) is 11.8 Å². The molecule has 1 aromatic carbocycles. The lowest BCUT2D eigenvalue weighted by atomic mass is 10.2. The summed E-state index contributed by atoms with van der Waals surface area (Å²) < 4.78 is 0. The number of anilines is 1. The smallest absolute Gasteiger partial charge is 0.183 e. The number of nitrogens with one attached hydrogen (secondary N) is 1. The first-order valence-corrected chi connectivity index (χ1v) is 10.9. The zero-order chi connectivity index (χ0) is 18.8. The summed E-state index contributed by atoms with van der Waals surface area (Å²) in [4.78, 5) is 23.4. The zero-order valence-corrected chi connectivity index (χ0v) is 16.8. The van der Waals surface area contributed by atoms with Crippen molar-refractivity contribution in [2.45, 2.75) is 31.3 Å². The normalized spacial score (nSPS) is 13.9. The molecule has 0 bridgehead atoms. The van der Waals surface area contributed by atoms with Gasteiger partial charge < -0.3 is 11.1 Å². The molecule has 0 amide bonds. The molecular formula is C20H22N4OS2. The van der Waals surface area contributed by atoms with Crippen LogP contribution in [0.3, 0.4) is 0 Å². The van der Waals surface area contributed by atoms with Gasteiger partial charge in [-0.15, -0.1) is 11.3 Å². The molecule has 27 heavy (non-hydrogen) atoms. The van der Waals surface area contributed by atoms with Crippen LogP contribution in [0.5, 0.6) is 0 Å². The van der Waals surface area contributed by atoms with Crippen molar-refractivity contribution in [1.82, 2.24) is 9.97 Å². The number of nitrogens with zero attached hydrogens (tertiary/aromatic N) is 2. The first kappa shape index (κ1) is 18.4.